The Morgan fingerprint density at radius 3 is 2.52 bits per heavy atom. The first kappa shape index (κ1) is 22.9. The van der Waals surface area contributed by atoms with Crippen LogP contribution in [0.1, 0.15) is 36.1 Å². The molecule has 1 aromatic heterocycles. The van der Waals surface area contributed by atoms with Crippen LogP contribution in [0.25, 0.3) is 11.4 Å². The fourth-order valence-electron chi connectivity index (χ4n) is 4.46. The number of hydrogen-bond donors (Lipinski definition) is 2. The van der Waals surface area contributed by atoms with E-state index in [0.717, 1.165) is 42.8 Å². The number of hydrogen-bond acceptors (Lipinski definition) is 4. The van der Waals surface area contributed by atoms with Gasteiger partial charge in [0.2, 0.25) is 5.91 Å². The summed E-state index contributed by atoms with van der Waals surface area (Å²) >= 11 is 0. The Morgan fingerprint density at radius 1 is 1.06 bits per heavy atom. The molecule has 0 spiro atoms. The smallest absolute Gasteiger partial charge is 0.254 e. The fraction of sp³-hybridized carbons (Fsp3) is 0.370. The number of fused-ring (bicyclic) bond motifs is 1. The number of aryl methyl sites for hydroxylation is 1. The number of carbonyl (C=O) groups is 1. The number of aromatic nitrogens is 2. The van der Waals surface area contributed by atoms with Crippen LogP contribution in [0.4, 0.5) is 0 Å². The zero-order chi connectivity index (χ0) is 23.0. The third-order valence-electron chi connectivity index (χ3n) is 6.30. The second-order valence-corrected chi connectivity index (χ2v) is 8.85. The summed E-state index contributed by atoms with van der Waals surface area (Å²) in [6, 6.07) is 20.1. The van der Waals surface area contributed by atoms with Gasteiger partial charge in [-0.3, -0.25) is 9.59 Å². The number of amides is 1. The summed E-state index contributed by atoms with van der Waals surface area (Å²) < 4.78 is 0. The Morgan fingerprint density at radius 2 is 1.76 bits per heavy atom. The van der Waals surface area contributed by atoms with Crippen LogP contribution in [0.3, 0.4) is 0 Å². The van der Waals surface area contributed by atoms with Gasteiger partial charge in [0.15, 0.2) is 0 Å². The number of nitrogens with zero attached hydrogens (tertiary/aromatic N) is 2. The number of aromatic amines is 1. The topological polar surface area (TPSA) is 78.1 Å². The molecule has 33 heavy (non-hydrogen) atoms. The molecule has 3 aromatic rings. The molecule has 1 atom stereocenters. The van der Waals surface area contributed by atoms with E-state index in [1.54, 1.807) is 0 Å². The highest BCUT2D eigenvalue weighted by Gasteiger charge is 2.25. The first-order chi connectivity index (χ1) is 16.1. The van der Waals surface area contributed by atoms with Gasteiger partial charge in [-0.15, -0.1) is 0 Å². The zero-order valence-corrected chi connectivity index (χ0v) is 19.2. The van der Waals surface area contributed by atoms with E-state index >= 15 is 0 Å². The SMILES string of the molecule is CN(CCCNC(=O)C1CCc2nc(-c3ccccc3)[nH]c(=O)c2CC1)Cc1ccccc1. The van der Waals surface area contributed by atoms with Crippen LogP contribution in [0.5, 0.6) is 0 Å². The lowest BCUT2D eigenvalue weighted by Gasteiger charge is -2.18. The molecular formula is C27H32N4O2. The molecule has 1 heterocycles. The van der Waals surface area contributed by atoms with Gasteiger partial charge in [0.05, 0.1) is 5.69 Å². The van der Waals surface area contributed by atoms with Crippen molar-refractivity contribution in [3.05, 3.63) is 87.8 Å². The largest absolute Gasteiger partial charge is 0.356 e. The molecule has 6 nitrogen and oxygen atoms in total. The summed E-state index contributed by atoms with van der Waals surface area (Å²) in [6.45, 7) is 2.49. The average molecular weight is 445 g/mol. The summed E-state index contributed by atoms with van der Waals surface area (Å²) in [5.41, 5.74) is 3.67. The Balaban J connectivity index is 1.27. The first-order valence-corrected chi connectivity index (χ1v) is 11.8. The van der Waals surface area contributed by atoms with Crippen LogP contribution >= 0.6 is 0 Å². The van der Waals surface area contributed by atoms with Crippen LogP contribution in [0, 0.1) is 5.92 Å². The Labute approximate surface area is 195 Å². The number of carbonyl (C=O) groups excluding carboxylic acids is 1. The van der Waals surface area contributed by atoms with E-state index < -0.39 is 0 Å². The number of H-pyrrole nitrogens is 1. The standard InChI is InChI=1S/C27H32N4O2/c1-31(19-20-9-4-2-5-10-20)18-8-17-28-26(32)22-13-15-23-24(16-14-22)29-25(30-27(23)33)21-11-6-3-7-12-21/h2-7,9-12,22H,8,13-19H2,1H3,(H,28,32)(H,29,30,33). The summed E-state index contributed by atoms with van der Waals surface area (Å²) in [6.07, 6.45) is 3.55. The van der Waals surface area contributed by atoms with Gasteiger partial charge in [-0.25, -0.2) is 4.98 Å². The maximum Gasteiger partial charge on any atom is 0.254 e. The van der Waals surface area contributed by atoms with E-state index in [1.807, 2.05) is 36.4 Å². The highest BCUT2D eigenvalue weighted by Crippen LogP contribution is 2.23. The van der Waals surface area contributed by atoms with Crippen LogP contribution in [-0.2, 0) is 24.2 Å². The van der Waals surface area contributed by atoms with E-state index in [2.05, 4.69) is 46.5 Å². The van der Waals surface area contributed by atoms with Crippen molar-refractivity contribution in [2.75, 3.05) is 20.1 Å². The molecule has 1 amide bonds. The van der Waals surface area contributed by atoms with Crippen molar-refractivity contribution in [3.8, 4) is 11.4 Å². The van der Waals surface area contributed by atoms with Crippen LogP contribution in [-0.4, -0.2) is 40.9 Å². The van der Waals surface area contributed by atoms with Gasteiger partial charge in [-0.2, -0.15) is 0 Å². The lowest BCUT2D eigenvalue weighted by atomic mass is 9.99. The second kappa shape index (κ2) is 11.1. The van der Waals surface area contributed by atoms with Crippen molar-refractivity contribution in [1.82, 2.24) is 20.2 Å². The van der Waals surface area contributed by atoms with Crippen molar-refractivity contribution in [1.29, 1.82) is 0 Å². The Bertz CT molecular complexity index is 1110. The molecular weight excluding hydrogens is 412 g/mol. The van der Waals surface area contributed by atoms with Crippen molar-refractivity contribution in [2.45, 2.75) is 38.6 Å². The summed E-state index contributed by atoms with van der Waals surface area (Å²) in [5.74, 6) is 0.607. The molecule has 172 valence electrons. The molecule has 0 aliphatic heterocycles. The highest BCUT2D eigenvalue weighted by molar-refractivity contribution is 5.78. The van der Waals surface area contributed by atoms with E-state index in [4.69, 9.17) is 4.98 Å². The molecule has 4 rings (SSSR count). The maximum absolute atomic E-state index is 12.8. The van der Waals surface area contributed by atoms with Crippen molar-refractivity contribution >= 4 is 5.91 Å². The summed E-state index contributed by atoms with van der Waals surface area (Å²) in [7, 11) is 2.10. The lowest BCUT2D eigenvalue weighted by molar-refractivity contribution is -0.125. The molecule has 1 aliphatic rings. The predicted octanol–water partition coefficient (Wildman–Crippen LogP) is 3.57. The van der Waals surface area contributed by atoms with Gasteiger partial charge < -0.3 is 15.2 Å². The van der Waals surface area contributed by atoms with Crippen LogP contribution in [0.15, 0.2) is 65.5 Å². The molecule has 1 unspecified atom stereocenters. The normalized spacial score (nSPS) is 15.6. The highest BCUT2D eigenvalue weighted by atomic mass is 16.2. The summed E-state index contributed by atoms with van der Waals surface area (Å²) in [5, 5.41) is 3.11. The maximum atomic E-state index is 12.8. The van der Waals surface area contributed by atoms with Gasteiger partial charge in [0.1, 0.15) is 5.82 Å². The van der Waals surface area contributed by atoms with Gasteiger partial charge in [0, 0.05) is 30.1 Å². The Hall–Kier alpha value is -3.25. The van der Waals surface area contributed by atoms with Gasteiger partial charge in [-0.1, -0.05) is 60.7 Å². The molecule has 2 aromatic carbocycles. The average Bonchev–Trinajstić information content (AvgIpc) is 3.06. The molecule has 6 heteroatoms. The van der Waals surface area contributed by atoms with Crippen LogP contribution < -0.4 is 10.9 Å². The number of benzene rings is 2. The van der Waals surface area contributed by atoms with Crippen molar-refractivity contribution < 1.29 is 4.79 Å². The molecule has 0 radical (unpaired) electrons. The van der Waals surface area contributed by atoms with E-state index in [9.17, 15) is 9.59 Å². The zero-order valence-electron chi connectivity index (χ0n) is 19.2. The summed E-state index contributed by atoms with van der Waals surface area (Å²) in [4.78, 5) is 35.4. The van der Waals surface area contributed by atoms with Gasteiger partial charge >= 0.3 is 0 Å². The molecule has 1 aliphatic carbocycles. The third kappa shape index (κ3) is 6.17. The van der Waals surface area contributed by atoms with E-state index in [0.29, 0.717) is 31.6 Å². The first-order valence-electron chi connectivity index (χ1n) is 11.8. The van der Waals surface area contributed by atoms with E-state index in [1.165, 1.54) is 5.56 Å². The fourth-order valence-corrected chi connectivity index (χ4v) is 4.46. The molecule has 0 fully saturated rings. The lowest BCUT2D eigenvalue weighted by Crippen LogP contribution is -2.33. The van der Waals surface area contributed by atoms with Crippen LogP contribution in [0.2, 0.25) is 0 Å². The molecule has 0 saturated heterocycles. The minimum atomic E-state index is -0.0826. The minimum absolute atomic E-state index is 0.0821. The predicted molar refractivity (Wildman–Crippen MR) is 131 cm³/mol. The molecule has 0 bridgehead atoms. The number of rotatable bonds is 8. The monoisotopic (exact) mass is 444 g/mol. The van der Waals surface area contributed by atoms with Gasteiger partial charge in [-0.05, 0) is 51.3 Å². The quantitative estimate of drug-likeness (QED) is 0.411. The molecule has 0 saturated carbocycles. The third-order valence-corrected chi connectivity index (χ3v) is 6.30. The minimum Gasteiger partial charge on any atom is -0.356 e. The number of nitrogens with one attached hydrogen (secondary N) is 2. The second-order valence-electron chi connectivity index (χ2n) is 8.85. The van der Waals surface area contributed by atoms with Crippen molar-refractivity contribution in [3.63, 3.8) is 0 Å². The van der Waals surface area contributed by atoms with E-state index in [-0.39, 0.29) is 17.4 Å². The Kier molecular flexibility index (Phi) is 7.68. The van der Waals surface area contributed by atoms with Gasteiger partial charge in [0.25, 0.3) is 5.56 Å². The van der Waals surface area contributed by atoms with Crippen molar-refractivity contribution in [2.24, 2.45) is 5.92 Å². The molecule has 2 N–H and O–H groups in total.